The zero-order valence-electron chi connectivity index (χ0n) is 14.0. The summed E-state index contributed by atoms with van der Waals surface area (Å²) < 4.78 is 5.67. The molecule has 0 bridgehead atoms. The van der Waals surface area contributed by atoms with Gasteiger partial charge in [0.25, 0.3) is 0 Å². The Bertz CT molecular complexity index is 840. The first-order valence-electron chi connectivity index (χ1n) is 7.93. The largest absolute Gasteiger partial charge is 0.508 e. The van der Waals surface area contributed by atoms with Crippen LogP contribution in [0.25, 0.3) is 0 Å². The van der Waals surface area contributed by atoms with Gasteiger partial charge >= 0.3 is 0 Å². The maximum Gasteiger partial charge on any atom is 0.171 e. The second kappa shape index (κ2) is 5.97. The SMILES string of the molecule is CC1(C)c2cc(CC(=O)c3ccc(O)cc3O)c(O)cc2O[C@H]1CO. The molecule has 25 heavy (non-hydrogen) atoms. The molecule has 6 nitrogen and oxygen atoms in total. The Morgan fingerprint density at radius 2 is 1.84 bits per heavy atom. The Morgan fingerprint density at radius 3 is 2.48 bits per heavy atom. The molecule has 0 radical (unpaired) electrons. The average Bonchev–Trinajstić information content (AvgIpc) is 2.77. The smallest absolute Gasteiger partial charge is 0.171 e. The Labute approximate surface area is 144 Å². The molecule has 0 aliphatic carbocycles. The van der Waals surface area contributed by atoms with Crippen LogP contribution in [0.4, 0.5) is 0 Å². The van der Waals surface area contributed by atoms with Gasteiger partial charge in [0.05, 0.1) is 12.2 Å². The molecule has 2 aromatic rings. The molecule has 132 valence electrons. The van der Waals surface area contributed by atoms with E-state index in [1.165, 1.54) is 18.2 Å². The monoisotopic (exact) mass is 344 g/mol. The second-order valence-corrected chi connectivity index (χ2v) is 6.79. The van der Waals surface area contributed by atoms with E-state index in [1.54, 1.807) is 6.07 Å². The van der Waals surface area contributed by atoms with Crippen LogP contribution in [0.1, 0.15) is 35.3 Å². The Morgan fingerprint density at radius 1 is 1.12 bits per heavy atom. The number of hydrogen-bond acceptors (Lipinski definition) is 6. The van der Waals surface area contributed by atoms with Gasteiger partial charge in [-0.25, -0.2) is 0 Å². The molecule has 0 saturated heterocycles. The zero-order valence-corrected chi connectivity index (χ0v) is 14.0. The summed E-state index contributed by atoms with van der Waals surface area (Å²) in [6, 6.07) is 6.91. The van der Waals surface area contributed by atoms with E-state index in [1.807, 2.05) is 13.8 Å². The highest BCUT2D eigenvalue weighted by atomic mass is 16.5. The average molecular weight is 344 g/mol. The van der Waals surface area contributed by atoms with Gasteiger partial charge in [0.1, 0.15) is 29.1 Å². The lowest BCUT2D eigenvalue weighted by Gasteiger charge is -2.24. The molecule has 1 atom stereocenters. The van der Waals surface area contributed by atoms with Crippen LogP contribution in [0, 0.1) is 0 Å². The minimum Gasteiger partial charge on any atom is -0.508 e. The highest BCUT2D eigenvalue weighted by Gasteiger charge is 2.41. The van der Waals surface area contributed by atoms with Gasteiger partial charge in [-0.2, -0.15) is 0 Å². The van der Waals surface area contributed by atoms with Crippen molar-refractivity contribution in [3.05, 3.63) is 47.0 Å². The predicted molar refractivity (Wildman–Crippen MR) is 90.4 cm³/mol. The number of Topliss-reactive ketones (excluding diaryl/α,β-unsaturated/α-hetero) is 1. The van der Waals surface area contributed by atoms with Crippen LogP contribution in [0.15, 0.2) is 30.3 Å². The van der Waals surface area contributed by atoms with Crippen molar-refractivity contribution in [1.82, 2.24) is 0 Å². The van der Waals surface area contributed by atoms with Crippen LogP contribution in [0.3, 0.4) is 0 Å². The van der Waals surface area contributed by atoms with Gasteiger partial charge < -0.3 is 25.2 Å². The van der Waals surface area contributed by atoms with Crippen LogP contribution in [0.5, 0.6) is 23.0 Å². The van der Waals surface area contributed by atoms with Gasteiger partial charge in [-0.1, -0.05) is 13.8 Å². The molecule has 0 unspecified atom stereocenters. The fourth-order valence-electron chi connectivity index (χ4n) is 3.12. The lowest BCUT2D eigenvalue weighted by Crippen LogP contribution is -2.35. The third-order valence-corrected chi connectivity index (χ3v) is 4.75. The minimum atomic E-state index is -0.462. The zero-order chi connectivity index (χ0) is 18.4. The van der Waals surface area contributed by atoms with Crippen molar-refractivity contribution < 1.29 is 30.0 Å². The number of hydrogen-bond donors (Lipinski definition) is 4. The number of fused-ring (bicyclic) bond motifs is 1. The second-order valence-electron chi connectivity index (χ2n) is 6.79. The molecule has 0 saturated carbocycles. The van der Waals surface area contributed by atoms with E-state index in [2.05, 4.69) is 0 Å². The normalized spacial score (nSPS) is 17.8. The summed E-state index contributed by atoms with van der Waals surface area (Å²) in [6.07, 6.45) is -0.536. The number of ketones is 1. The van der Waals surface area contributed by atoms with E-state index in [4.69, 9.17) is 4.74 Å². The summed E-state index contributed by atoms with van der Waals surface area (Å²) in [4.78, 5) is 12.5. The van der Waals surface area contributed by atoms with E-state index in [0.29, 0.717) is 11.3 Å². The Balaban J connectivity index is 1.93. The number of aliphatic hydroxyl groups is 1. The number of carbonyl (C=O) groups is 1. The summed E-state index contributed by atoms with van der Waals surface area (Å²) in [5.41, 5.74) is 0.825. The molecule has 4 N–H and O–H groups in total. The van der Waals surface area contributed by atoms with E-state index >= 15 is 0 Å². The molecule has 6 heteroatoms. The fraction of sp³-hybridized carbons (Fsp3) is 0.316. The Hall–Kier alpha value is -2.73. The summed E-state index contributed by atoms with van der Waals surface area (Å²) >= 11 is 0. The van der Waals surface area contributed by atoms with Crippen LogP contribution < -0.4 is 4.74 Å². The molecule has 1 aliphatic heterocycles. The van der Waals surface area contributed by atoms with Crippen molar-refractivity contribution in [3.63, 3.8) is 0 Å². The van der Waals surface area contributed by atoms with Gasteiger partial charge in [0.2, 0.25) is 0 Å². The molecule has 0 spiro atoms. The quantitative estimate of drug-likeness (QED) is 0.634. The number of ether oxygens (including phenoxy) is 1. The van der Waals surface area contributed by atoms with Gasteiger partial charge in [0.15, 0.2) is 5.78 Å². The van der Waals surface area contributed by atoms with Crippen LogP contribution in [-0.2, 0) is 11.8 Å². The maximum absolute atomic E-state index is 12.5. The number of phenolic OH excluding ortho intramolecular Hbond substituents is 3. The van der Waals surface area contributed by atoms with Gasteiger partial charge in [-0.05, 0) is 18.2 Å². The van der Waals surface area contributed by atoms with Crippen molar-refractivity contribution in [3.8, 4) is 23.0 Å². The third kappa shape index (κ3) is 2.89. The first kappa shape index (κ1) is 17.1. The maximum atomic E-state index is 12.5. The lowest BCUT2D eigenvalue weighted by molar-refractivity contribution is 0.0887. The van der Waals surface area contributed by atoms with Crippen LogP contribution >= 0.6 is 0 Å². The topological polar surface area (TPSA) is 107 Å². The molecule has 3 rings (SSSR count). The van der Waals surface area contributed by atoms with Gasteiger partial charge in [0, 0.05) is 35.1 Å². The molecule has 1 aliphatic rings. The highest BCUT2D eigenvalue weighted by Crippen LogP contribution is 2.45. The van der Waals surface area contributed by atoms with E-state index in [-0.39, 0.29) is 41.6 Å². The van der Waals surface area contributed by atoms with Crippen molar-refractivity contribution >= 4 is 5.78 Å². The molecule has 0 amide bonds. The first-order chi connectivity index (χ1) is 11.7. The van der Waals surface area contributed by atoms with Crippen molar-refractivity contribution in [2.75, 3.05) is 6.61 Å². The van der Waals surface area contributed by atoms with E-state index < -0.39 is 11.5 Å². The summed E-state index contributed by atoms with van der Waals surface area (Å²) in [5.74, 6) is -0.425. The predicted octanol–water partition coefficient (Wildman–Crippen LogP) is 2.26. The molecular formula is C19H20O6. The van der Waals surface area contributed by atoms with E-state index in [9.17, 15) is 25.2 Å². The molecule has 0 aromatic heterocycles. The molecule has 0 fully saturated rings. The molecule has 1 heterocycles. The van der Waals surface area contributed by atoms with Gasteiger partial charge in [-0.3, -0.25) is 4.79 Å². The summed E-state index contributed by atoms with van der Waals surface area (Å²) in [5, 5.41) is 38.8. The van der Waals surface area contributed by atoms with Crippen molar-refractivity contribution in [2.24, 2.45) is 0 Å². The first-order valence-corrected chi connectivity index (χ1v) is 7.93. The number of phenols is 3. The highest BCUT2D eigenvalue weighted by molar-refractivity contribution is 6.00. The summed E-state index contributed by atoms with van der Waals surface area (Å²) in [7, 11) is 0. The number of aromatic hydroxyl groups is 3. The number of rotatable bonds is 4. The Kier molecular flexibility index (Phi) is 4.08. The summed E-state index contributed by atoms with van der Waals surface area (Å²) in [6.45, 7) is 3.69. The van der Waals surface area contributed by atoms with Crippen LogP contribution in [-0.4, -0.2) is 38.9 Å². The minimum absolute atomic E-state index is 0.0708. The van der Waals surface area contributed by atoms with Gasteiger partial charge in [-0.15, -0.1) is 0 Å². The van der Waals surface area contributed by atoms with Crippen molar-refractivity contribution in [1.29, 1.82) is 0 Å². The molecule has 2 aromatic carbocycles. The van der Waals surface area contributed by atoms with Crippen LogP contribution in [0.2, 0.25) is 0 Å². The number of carbonyl (C=O) groups excluding carboxylic acids is 1. The number of benzene rings is 2. The van der Waals surface area contributed by atoms with E-state index in [0.717, 1.165) is 11.6 Å². The number of aliphatic hydroxyl groups excluding tert-OH is 1. The van der Waals surface area contributed by atoms with Crippen molar-refractivity contribution in [2.45, 2.75) is 31.8 Å². The fourth-order valence-corrected chi connectivity index (χ4v) is 3.12. The standard InChI is InChI=1S/C19H20O6/c1-19(2)13-5-10(14(22)8-17(13)25-18(19)9-20)6-15(23)12-4-3-11(21)7-16(12)24/h3-5,7-8,18,20-22,24H,6,9H2,1-2H3/t18-/m0/s1. The molecular weight excluding hydrogens is 324 g/mol. The third-order valence-electron chi connectivity index (χ3n) is 4.75. The lowest BCUT2D eigenvalue weighted by atomic mass is 9.80.